The van der Waals surface area contributed by atoms with Gasteiger partial charge in [-0.2, -0.15) is 0 Å². The fraction of sp³-hybridized carbons (Fsp3) is 0.300. The predicted molar refractivity (Wildman–Crippen MR) is 60.5 cm³/mol. The van der Waals surface area contributed by atoms with Gasteiger partial charge in [0, 0.05) is 16.0 Å². The lowest BCUT2D eigenvalue weighted by atomic mass is 9.94. The van der Waals surface area contributed by atoms with Gasteiger partial charge in [0.25, 0.3) is 0 Å². The lowest BCUT2D eigenvalue weighted by molar-refractivity contribution is -0.138. The van der Waals surface area contributed by atoms with Crippen LogP contribution in [0.4, 0.5) is 0 Å². The molecule has 0 aliphatic heterocycles. The summed E-state index contributed by atoms with van der Waals surface area (Å²) >= 11 is 11.7. The zero-order valence-electron chi connectivity index (χ0n) is 8.08. The third-order valence-corrected chi connectivity index (χ3v) is 2.85. The average Bonchev–Trinajstić information content (AvgIpc) is 2.19. The van der Waals surface area contributed by atoms with Gasteiger partial charge in [-0.25, -0.2) is 0 Å². The molecule has 0 radical (unpaired) electrons. The molecule has 0 fully saturated rings. The lowest BCUT2D eigenvalue weighted by Crippen LogP contribution is -2.35. The highest BCUT2D eigenvalue weighted by Crippen LogP contribution is 2.28. The van der Waals surface area contributed by atoms with Crippen molar-refractivity contribution in [1.29, 1.82) is 0 Å². The van der Waals surface area contributed by atoms with Crippen LogP contribution in [0.1, 0.15) is 18.4 Å². The SMILES string of the molecule is CC(c1cc(Cl)ccc1Cl)C(N)C(=O)O. The van der Waals surface area contributed by atoms with Gasteiger partial charge in [0.2, 0.25) is 0 Å². The minimum atomic E-state index is -1.06. The molecular formula is C10H11Cl2NO2. The molecule has 0 aliphatic carbocycles. The van der Waals surface area contributed by atoms with E-state index in [1.165, 1.54) is 0 Å². The first-order valence-corrected chi connectivity index (χ1v) is 5.12. The van der Waals surface area contributed by atoms with Crippen LogP contribution in [-0.4, -0.2) is 17.1 Å². The molecule has 2 atom stereocenters. The Bertz CT molecular complexity index is 382. The summed E-state index contributed by atoms with van der Waals surface area (Å²) in [6.07, 6.45) is 0. The second-order valence-corrected chi connectivity index (χ2v) is 4.16. The highest BCUT2D eigenvalue weighted by molar-refractivity contribution is 6.33. The maximum atomic E-state index is 10.7. The summed E-state index contributed by atoms with van der Waals surface area (Å²) in [5.74, 6) is -1.44. The molecule has 0 bridgehead atoms. The van der Waals surface area contributed by atoms with Gasteiger partial charge >= 0.3 is 5.97 Å². The van der Waals surface area contributed by atoms with E-state index < -0.39 is 12.0 Å². The van der Waals surface area contributed by atoms with Crippen molar-refractivity contribution in [2.45, 2.75) is 18.9 Å². The van der Waals surface area contributed by atoms with Crippen molar-refractivity contribution >= 4 is 29.2 Å². The summed E-state index contributed by atoms with van der Waals surface area (Å²) in [6, 6.07) is 3.93. The van der Waals surface area contributed by atoms with E-state index in [0.29, 0.717) is 15.6 Å². The van der Waals surface area contributed by atoms with Gasteiger partial charge in [-0.3, -0.25) is 4.79 Å². The number of rotatable bonds is 3. The van der Waals surface area contributed by atoms with E-state index in [1.54, 1.807) is 25.1 Å². The van der Waals surface area contributed by atoms with Gasteiger partial charge in [0.15, 0.2) is 0 Å². The highest BCUT2D eigenvalue weighted by Gasteiger charge is 2.23. The Morgan fingerprint density at radius 2 is 2.07 bits per heavy atom. The number of hydrogen-bond donors (Lipinski definition) is 2. The molecule has 0 spiro atoms. The quantitative estimate of drug-likeness (QED) is 0.863. The number of halogens is 2. The number of carboxylic acids is 1. The number of benzene rings is 1. The fourth-order valence-electron chi connectivity index (χ4n) is 1.27. The van der Waals surface area contributed by atoms with Crippen LogP contribution < -0.4 is 5.73 Å². The van der Waals surface area contributed by atoms with Crippen LogP contribution in [0.3, 0.4) is 0 Å². The molecule has 0 amide bonds. The Balaban J connectivity index is 3.04. The number of nitrogens with two attached hydrogens (primary N) is 1. The average molecular weight is 248 g/mol. The highest BCUT2D eigenvalue weighted by atomic mass is 35.5. The normalized spacial score (nSPS) is 14.7. The molecule has 82 valence electrons. The van der Waals surface area contributed by atoms with Crippen molar-refractivity contribution in [1.82, 2.24) is 0 Å². The number of carboxylic acid groups (broad SMARTS) is 1. The van der Waals surface area contributed by atoms with Gasteiger partial charge in [0.05, 0.1) is 0 Å². The van der Waals surface area contributed by atoms with Crippen LogP contribution in [0.2, 0.25) is 10.0 Å². The van der Waals surface area contributed by atoms with E-state index in [1.807, 2.05) is 0 Å². The second kappa shape index (κ2) is 4.84. The first-order chi connectivity index (χ1) is 6.93. The van der Waals surface area contributed by atoms with Gasteiger partial charge < -0.3 is 10.8 Å². The van der Waals surface area contributed by atoms with Crippen LogP contribution >= 0.6 is 23.2 Å². The molecule has 1 aromatic carbocycles. The summed E-state index contributed by atoms with van der Waals surface area (Å²) in [5, 5.41) is 9.76. The van der Waals surface area contributed by atoms with E-state index in [0.717, 1.165) is 0 Å². The predicted octanol–water partition coefficient (Wildman–Crippen LogP) is 2.51. The van der Waals surface area contributed by atoms with Crippen molar-refractivity contribution in [2.75, 3.05) is 0 Å². The molecule has 0 aliphatic rings. The van der Waals surface area contributed by atoms with Crippen molar-refractivity contribution in [2.24, 2.45) is 5.73 Å². The molecular weight excluding hydrogens is 237 g/mol. The molecule has 3 N–H and O–H groups in total. The molecule has 0 saturated heterocycles. The minimum absolute atomic E-state index is 0.381. The molecule has 0 heterocycles. The molecule has 0 aromatic heterocycles. The van der Waals surface area contributed by atoms with Crippen molar-refractivity contribution < 1.29 is 9.90 Å². The largest absolute Gasteiger partial charge is 0.480 e. The van der Waals surface area contributed by atoms with E-state index in [4.69, 9.17) is 34.0 Å². The maximum absolute atomic E-state index is 10.7. The lowest BCUT2D eigenvalue weighted by Gasteiger charge is -2.17. The third-order valence-electron chi connectivity index (χ3n) is 2.27. The monoisotopic (exact) mass is 247 g/mol. The Morgan fingerprint density at radius 1 is 1.47 bits per heavy atom. The van der Waals surface area contributed by atoms with Crippen LogP contribution in [-0.2, 0) is 4.79 Å². The molecule has 3 nitrogen and oxygen atoms in total. The van der Waals surface area contributed by atoms with Gasteiger partial charge in [-0.1, -0.05) is 30.1 Å². The standard InChI is InChI=1S/C10H11Cl2NO2/c1-5(9(13)10(14)15)7-4-6(11)2-3-8(7)12/h2-5,9H,13H2,1H3,(H,14,15). The van der Waals surface area contributed by atoms with Crippen molar-refractivity contribution in [3.63, 3.8) is 0 Å². The molecule has 15 heavy (non-hydrogen) atoms. The zero-order valence-corrected chi connectivity index (χ0v) is 9.59. The molecule has 1 rings (SSSR count). The zero-order chi connectivity index (χ0) is 11.6. The summed E-state index contributed by atoms with van der Waals surface area (Å²) in [6.45, 7) is 1.70. The third kappa shape index (κ3) is 2.84. The van der Waals surface area contributed by atoms with Gasteiger partial charge in [0.1, 0.15) is 6.04 Å². The Kier molecular flexibility index (Phi) is 3.97. The summed E-state index contributed by atoms with van der Waals surface area (Å²) in [4.78, 5) is 10.7. The number of aliphatic carboxylic acids is 1. The van der Waals surface area contributed by atoms with Crippen LogP contribution in [0, 0.1) is 0 Å². The first-order valence-electron chi connectivity index (χ1n) is 4.37. The molecule has 5 heteroatoms. The van der Waals surface area contributed by atoms with E-state index in [9.17, 15) is 4.79 Å². The van der Waals surface area contributed by atoms with Crippen LogP contribution in [0.15, 0.2) is 18.2 Å². The Labute approximate surface area is 97.8 Å². The smallest absolute Gasteiger partial charge is 0.321 e. The topological polar surface area (TPSA) is 63.3 Å². The Morgan fingerprint density at radius 3 is 2.60 bits per heavy atom. The van der Waals surface area contributed by atoms with Crippen molar-refractivity contribution in [3.8, 4) is 0 Å². The van der Waals surface area contributed by atoms with E-state index in [2.05, 4.69) is 0 Å². The van der Waals surface area contributed by atoms with Crippen molar-refractivity contribution in [3.05, 3.63) is 33.8 Å². The molecule has 1 aromatic rings. The summed E-state index contributed by atoms with van der Waals surface area (Å²) < 4.78 is 0. The fourth-order valence-corrected chi connectivity index (χ4v) is 1.74. The number of hydrogen-bond acceptors (Lipinski definition) is 2. The van der Waals surface area contributed by atoms with Gasteiger partial charge in [-0.05, 0) is 23.8 Å². The molecule has 0 saturated carbocycles. The first kappa shape index (κ1) is 12.3. The van der Waals surface area contributed by atoms with Crippen LogP contribution in [0.25, 0.3) is 0 Å². The second-order valence-electron chi connectivity index (χ2n) is 3.32. The van der Waals surface area contributed by atoms with Gasteiger partial charge in [-0.15, -0.1) is 0 Å². The molecule has 2 unspecified atom stereocenters. The summed E-state index contributed by atoms with van der Waals surface area (Å²) in [7, 11) is 0. The van der Waals surface area contributed by atoms with E-state index >= 15 is 0 Å². The Hall–Kier alpha value is -0.770. The van der Waals surface area contributed by atoms with Crippen LogP contribution in [0.5, 0.6) is 0 Å². The minimum Gasteiger partial charge on any atom is -0.480 e. The maximum Gasteiger partial charge on any atom is 0.321 e. The number of carbonyl (C=O) groups is 1. The summed E-state index contributed by atoms with van der Waals surface area (Å²) in [5.41, 5.74) is 6.16. The van der Waals surface area contributed by atoms with E-state index in [-0.39, 0.29) is 5.92 Å².